The summed E-state index contributed by atoms with van der Waals surface area (Å²) in [5, 5.41) is 6.44. The van der Waals surface area contributed by atoms with Gasteiger partial charge < -0.3 is 15.5 Å². The Morgan fingerprint density at radius 3 is 2.46 bits per heavy atom. The quantitative estimate of drug-likeness (QED) is 0.511. The SMILES string of the molecule is O=C(NC1CCC(CN2C(=O)c3ccc(Cl)cc3NC(=O)C2Cc2ccccn2)CC1)c1ccccn1. The van der Waals surface area contributed by atoms with E-state index in [2.05, 4.69) is 20.6 Å². The average molecular weight is 518 g/mol. The molecule has 3 heterocycles. The van der Waals surface area contributed by atoms with E-state index in [-0.39, 0.29) is 29.7 Å². The molecule has 1 aliphatic heterocycles. The smallest absolute Gasteiger partial charge is 0.270 e. The third-order valence-electron chi connectivity index (χ3n) is 7.07. The van der Waals surface area contributed by atoms with Gasteiger partial charge in [-0.1, -0.05) is 23.7 Å². The van der Waals surface area contributed by atoms with Crippen molar-refractivity contribution in [3.63, 3.8) is 0 Å². The van der Waals surface area contributed by atoms with Gasteiger partial charge in [-0.3, -0.25) is 24.4 Å². The lowest BCUT2D eigenvalue weighted by molar-refractivity contribution is -0.120. The van der Waals surface area contributed by atoms with Crippen LogP contribution in [0.4, 0.5) is 5.69 Å². The normalized spacial score (nSPS) is 21.5. The van der Waals surface area contributed by atoms with Crippen molar-refractivity contribution < 1.29 is 14.4 Å². The zero-order valence-electron chi connectivity index (χ0n) is 20.3. The number of hydrogen-bond donors (Lipinski definition) is 2. The van der Waals surface area contributed by atoms with E-state index in [1.807, 2.05) is 18.2 Å². The van der Waals surface area contributed by atoms with Crippen LogP contribution in [0.1, 0.15) is 52.2 Å². The molecule has 1 fully saturated rings. The van der Waals surface area contributed by atoms with Gasteiger partial charge in [-0.2, -0.15) is 0 Å². The summed E-state index contributed by atoms with van der Waals surface area (Å²) in [6.45, 7) is 0.451. The number of anilines is 1. The Morgan fingerprint density at radius 1 is 1.00 bits per heavy atom. The first-order chi connectivity index (χ1) is 18.0. The van der Waals surface area contributed by atoms with Gasteiger partial charge in [-0.15, -0.1) is 0 Å². The Morgan fingerprint density at radius 2 is 1.76 bits per heavy atom. The number of rotatable bonds is 6. The number of nitrogens with zero attached hydrogens (tertiary/aromatic N) is 3. The van der Waals surface area contributed by atoms with Crippen molar-refractivity contribution in [2.24, 2.45) is 5.92 Å². The van der Waals surface area contributed by atoms with Gasteiger partial charge in [-0.05, 0) is 74.1 Å². The lowest BCUT2D eigenvalue weighted by atomic mass is 9.85. The molecule has 5 rings (SSSR count). The van der Waals surface area contributed by atoms with Crippen molar-refractivity contribution in [1.29, 1.82) is 0 Å². The molecule has 1 aromatic carbocycles. The maximum absolute atomic E-state index is 13.7. The predicted molar refractivity (Wildman–Crippen MR) is 140 cm³/mol. The minimum atomic E-state index is -0.699. The van der Waals surface area contributed by atoms with E-state index >= 15 is 0 Å². The van der Waals surface area contributed by atoms with Gasteiger partial charge in [0.15, 0.2) is 0 Å². The molecule has 0 bridgehead atoms. The summed E-state index contributed by atoms with van der Waals surface area (Å²) in [5.74, 6) is -0.415. The van der Waals surface area contributed by atoms with Gasteiger partial charge in [0.2, 0.25) is 5.91 Å². The number of carbonyl (C=O) groups excluding carboxylic acids is 3. The lowest BCUT2D eigenvalue weighted by Gasteiger charge is -2.35. The summed E-state index contributed by atoms with van der Waals surface area (Å²) in [6, 6.07) is 15.1. The standard InChI is InChI=1S/C28H28ClN5O3/c29-19-9-12-22-24(15-19)33-27(36)25(16-21-5-1-3-13-30-21)34(28(22)37)17-18-7-10-20(11-8-18)32-26(35)23-6-2-4-14-31-23/h1-6,9,12-15,18,20,25H,7-8,10-11,16-17H2,(H,32,35)(H,33,36). The second kappa shape index (κ2) is 11.1. The van der Waals surface area contributed by atoms with Crippen molar-refractivity contribution >= 4 is 35.0 Å². The summed E-state index contributed by atoms with van der Waals surface area (Å²) >= 11 is 6.15. The first-order valence-electron chi connectivity index (χ1n) is 12.5. The largest absolute Gasteiger partial charge is 0.348 e. The second-order valence-electron chi connectivity index (χ2n) is 9.58. The van der Waals surface area contributed by atoms with Crippen LogP contribution < -0.4 is 10.6 Å². The fourth-order valence-corrected chi connectivity index (χ4v) is 5.29. The third-order valence-corrected chi connectivity index (χ3v) is 7.31. The highest BCUT2D eigenvalue weighted by Gasteiger charge is 2.37. The highest BCUT2D eigenvalue weighted by atomic mass is 35.5. The molecule has 1 atom stereocenters. The fraction of sp³-hybridized carbons (Fsp3) is 0.321. The molecule has 0 spiro atoms. The molecule has 1 unspecified atom stereocenters. The number of halogens is 1. The van der Waals surface area contributed by atoms with Gasteiger partial charge in [0.1, 0.15) is 11.7 Å². The monoisotopic (exact) mass is 517 g/mol. The molecule has 37 heavy (non-hydrogen) atoms. The minimum absolute atomic E-state index is 0.0565. The summed E-state index contributed by atoms with van der Waals surface area (Å²) in [4.78, 5) is 49.8. The highest BCUT2D eigenvalue weighted by Crippen LogP contribution is 2.31. The Labute approximate surface area is 220 Å². The van der Waals surface area contributed by atoms with Gasteiger partial charge >= 0.3 is 0 Å². The Hall–Kier alpha value is -3.78. The van der Waals surface area contributed by atoms with E-state index in [9.17, 15) is 14.4 Å². The number of benzene rings is 1. The molecule has 2 aromatic heterocycles. The topological polar surface area (TPSA) is 104 Å². The first kappa shape index (κ1) is 24.9. The molecule has 0 saturated heterocycles. The summed E-state index contributed by atoms with van der Waals surface area (Å²) < 4.78 is 0. The van der Waals surface area contributed by atoms with Crippen LogP contribution in [0.15, 0.2) is 67.0 Å². The van der Waals surface area contributed by atoms with Crippen molar-refractivity contribution in [3.05, 3.63) is 89.0 Å². The number of nitrogens with one attached hydrogen (secondary N) is 2. The van der Waals surface area contributed by atoms with Crippen molar-refractivity contribution in [3.8, 4) is 0 Å². The summed E-state index contributed by atoms with van der Waals surface area (Å²) in [7, 11) is 0. The van der Waals surface area contributed by atoms with E-state index in [1.54, 1.807) is 53.7 Å². The van der Waals surface area contributed by atoms with Crippen molar-refractivity contribution in [2.75, 3.05) is 11.9 Å². The van der Waals surface area contributed by atoms with Gasteiger partial charge in [0.25, 0.3) is 11.8 Å². The zero-order chi connectivity index (χ0) is 25.8. The molecular weight excluding hydrogens is 490 g/mol. The van der Waals surface area contributed by atoms with E-state index in [1.165, 1.54) is 0 Å². The van der Waals surface area contributed by atoms with Crippen LogP contribution in [-0.4, -0.2) is 51.2 Å². The first-order valence-corrected chi connectivity index (χ1v) is 12.9. The molecule has 3 amide bonds. The van der Waals surface area contributed by atoms with Gasteiger partial charge in [0.05, 0.1) is 11.3 Å². The molecule has 0 radical (unpaired) electrons. The molecule has 9 heteroatoms. The summed E-state index contributed by atoms with van der Waals surface area (Å²) in [6.07, 6.45) is 6.88. The maximum Gasteiger partial charge on any atom is 0.270 e. The number of hydrogen-bond acceptors (Lipinski definition) is 5. The van der Waals surface area contributed by atoms with Crippen molar-refractivity contribution in [2.45, 2.75) is 44.2 Å². The molecule has 2 aliphatic rings. The van der Waals surface area contributed by atoms with E-state index in [0.29, 0.717) is 34.9 Å². The van der Waals surface area contributed by atoms with Crippen LogP contribution in [0, 0.1) is 5.92 Å². The second-order valence-corrected chi connectivity index (χ2v) is 10.0. The van der Waals surface area contributed by atoms with Gasteiger partial charge in [-0.25, -0.2) is 0 Å². The molecule has 1 saturated carbocycles. The van der Waals surface area contributed by atoms with Crippen LogP contribution in [0.2, 0.25) is 5.02 Å². The molecular formula is C28H28ClN5O3. The number of fused-ring (bicyclic) bond motifs is 1. The minimum Gasteiger partial charge on any atom is -0.348 e. The fourth-order valence-electron chi connectivity index (χ4n) is 5.11. The lowest BCUT2D eigenvalue weighted by Crippen LogP contribution is -2.49. The van der Waals surface area contributed by atoms with Crippen LogP contribution in [0.25, 0.3) is 0 Å². The molecule has 2 N–H and O–H groups in total. The average Bonchev–Trinajstić information content (AvgIpc) is 3.00. The number of amides is 3. The molecule has 3 aromatic rings. The zero-order valence-corrected chi connectivity index (χ0v) is 21.0. The molecule has 1 aliphatic carbocycles. The Balaban J connectivity index is 1.31. The number of carbonyl (C=O) groups is 3. The van der Waals surface area contributed by atoms with Gasteiger partial charge in [0, 0.05) is 42.1 Å². The van der Waals surface area contributed by atoms with Crippen LogP contribution in [0.3, 0.4) is 0 Å². The number of pyridine rings is 2. The summed E-state index contributed by atoms with van der Waals surface area (Å²) in [5.41, 5.74) is 2.00. The van der Waals surface area contributed by atoms with Crippen LogP contribution in [0.5, 0.6) is 0 Å². The highest BCUT2D eigenvalue weighted by molar-refractivity contribution is 6.31. The Kier molecular flexibility index (Phi) is 7.46. The van der Waals surface area contributed by atoms with Crippen LogP contribution >= 0.6 is 11.6 Å². The van der Waals surface area contributed by atoms with E-state index in [4.69, 9.17) is 11.6 Å². The predicted octanol–water partition coefficient (Wildman–Crippen LogP) is 4.12. The molecule has 190 valence electrons. The Bertz CT molecular complexity index is 1280. The molecule has 8 nitrogen and oxygen atoms in total. The van der Waals surface area contributed by atoms with Crippen molar-refractivity contribution in [1.82, 2.24) is 20.2 Å². The van der Waals surface area contributed by atoms with E-state index < -0.39 is 6.04 Å². The van der Waals surface area contributed by atoms with Crippen LogP contribution in [-0.2, 0) is 11.2 Å². The third kappa shape index (κ3) is 5.80. The maximum atomic E-state index is 13.7. The number of aromatic nitrogens is 2. The van der Waals surface area contributed by atoms with E-state index in [0.717, 1.165) is 31.4 Å².